The van der Waals surface area contributed by atoms with Gasteiger partial charge in [0, 0.05) is 37.8 Å². The Morgan fingerprint density at radius 2 is 2.25 bits per heavy atom. The van der Waals surface area contributed by atoms with E-state index in [-0.39, 0.29) is 0 Å². The van der Waals surface area contributed by atoms with Gasteiger partial charge in [0.2, 0.25) is 5.88 Å². The first-order valence-electron chi connectivity index (χ1n) is 7.56. The number of aromatic nitrogens is 1. The summed E-state index contributed by atoms with van der Waals surface area (Å²) >= 11 is 0. The summed E-state index contributed by atoms with van der Waals surface area (Å²) < 4.78 is 5.21. The van der Waals surface area contributed by atoms with Gasteiger partial charge in [-0.3, -0.25) is 4.90 Å². The van der Waals surface area contributed by atoms with Crippen LogP contribution in [-0.4, -0.2) is 42.2 Å². The van der Waals surface area contributed by atoms with Gasteiger partial charge in [0.1, 0.15) is 0 Å². The van der Waals surface area contributed by atoms with Gasteiger partial charge in [-0.2, -0.15) is 0 Å². The molecule has 0 aliphatic carbocycles. The molecule has 2 unspecified atom stereocenters. The molecular weight excluding hydrogens is 250 g/mol. The van der Waals surface area contributed by atoms with E-state index < -0.39 is 0 Å². The number of ether oxygens (including phenoxy) is 1. The molecule has 1 saturated heterocycles. The molecule has 1 aromatic heterocycles. The maximum absolute atomic E-state index is 5.21. The Morgan fingerprint density at radius 3 is 2.95 bits per heavy atom. The molecule has 1 aliphatic heterocycles. The van der Waals surface area contributed by atoms with E-state index in [0.717, 1.165) is 31.2 Å². The largest absolute Gasteiger partial charge is 0.481 e. The SMILES string of the molecule is COc1cccc(CN2CC(C)NCC2CC(C)C)n1. The predicted molar refractivity (Wildman–Crippen MR) is 81.9 cm³/mol. The molecular formula is C16H27N3O. The molecule has 2 atom stereocenters. The van der Waals surface area contributed by atoms with Gasteiger partial charge in [-0.15, -0.1) is 0 Å². The number of hydrogen-bond acceptors (Lipinski definition) is 4. The number of pyridine rings is 1. The molecule has 1 aliphatic rings. The normalized spacial score (nSPS) is 24.1. The van der Waals surface area contributed by atoms with Crippen molar-refractivity contribution in [2.75, 3.05) is 20.2 Å². The fraction of sp³-hybridized carbons (Fsp3) is 0.688. The monoisotopic (exact) mass is 277 g/mol. The van der Waals surface area contributed by atoms with E-state index in [4.69, 9.17) is 4.74 Å². The van der Waals surface area contributed by atoms with Crippen molar-refractivity contribution in [3.8, 4) is 5.88 Å². The minimum absolute atomic E-state index is 0.545. The zero-order valence-electron chi connectivity index (χ0n) is 13.1. The predicted octanol–water partition coefficient (Wildman–Crippen LogP) is 2.30. The van der Waals surface area contributed by atoms with E-state index in [0.29, 0.717) is 18.0 Å². The molecule has 0 amide bonds. The van der Waals surface area contributed by atoms with E-state index in [1.54, 1.807) is 7.11 Å². The van der Waals surface area contributed by atoms with Crippen molar-refractivity contribution in [2.24, 2.45) is 5.92 Å². The lowest BCUT2D eigenvalue weighted by Crippen LogP contribution is -2.55. The van der Waals surface area contributed by atoms with Crippen LogP contribution in [-0.2, 0) is 6.54 Å². The number of piperazine rings is 1. The van der Waals surface area contributed by atoms with E-state index in [2.05, 4.69) is 42.0 Å². The Morgan fingerprint density at radius 1 is 1.45 bits per heavy atom. The highest BCUT2D eigenvalue weighted by Crippen LogP contribution is 2.18. The fourth-order valence-corrected chi connectivity index (χ4v) is 2.87. The maximum Gasteiger partial charge on any atom is 0.213 e. The number of methoxy groups -OCH3 is 1. The third-order valence-electron chi connectivity index (χ3n) is 3.83. The summed E-state index contributed by atoms with van der Waals surface area (Å²) in [5.74, 6) is 1.42. The minimum Gasteiger partial charge on any atom is -0.481 e. The quantitative estimate of drug-likeness (QED) is 0.896. The van der Waals surface area contributed by atoms with Crippen molar-refractivity contribution in [3.63, 3.8) is 0 Å². The molecule has 1 N–H and O–H groups in total. The highest BCUT2D eigenvalue weighted by molar-refractivity contribution is 5.15. The minimum atomic E-state index is 0.545. The first kappa shape index (κ1) is 15.3. The lowest BCUT2D eigenvalue weighted by Gasteiger charge is -2.40. The van der Waals surface area contributed by atoms with Crippen LogP contribution in [0.5, 0.6) is 5.88 Å². The molecule has 0 aromatic carbocycles. The zero-order valence-corrected chi connectivity index (χ0v) is 13.1. The van der Waals surface area contributed by atoms with Crippen LogP contribution in [0.1, 0.15) is 32.9 Å². The molecule has 0 saturated carbocycles. The summed E-state index contributed by atoms with van der Waals surface area (Å²) in [6.07, 6.45) is 1.23. The van der Waals surface area contributed by atoms with Crippen LogP contribution in [0.3, 0.4) is 0 Å². The van der Waals surface area contributed by atoms with E-state index >= 15 is 0 Å². The van der Waals surface area contributed by atoms with Crippen molar-refractivity contribution in [3.05, 3.63) is 23.9 Å². The van der Waals surface area contributed by atoms with Crippen LogP contribution < -0.4 is 10.1 Å². The van der Waals surface area contributed by atoms with E-state index in [1.165, 1.54) is 6.42 Å². The standard InChI is InChI=1S/C16H27N3O/c1-12(2)8-15-9-17-13(3)10-19(15)11-14-6-5-7-16(18-14)20-4/h5-7,12-13,15,17H,8-11H2,1-4H3. The van der Waals surface area contributed by atoms with Gasteiger partial charge in [0.15, 0.2) is 0 Å². The van der Waals surface area contributed by atoms with Crippen molar-refractivity contribution >= 4 is 0 Å². The first-order valence-corrected chi connectivity index (χ1v) is 7.56. The molecule has 0 radical (unpaired) electrons. The van der Waals surface area contributed by atoms with Gasteiger partial charge in [-0.25, -0.2) is 4.98 Å². The molecule has 20 heavy (non-hydrogen) atoms. The highest BCUT2D eigenvalue weighted by atomic mass is 16.5. The average Bonchev–Trinajstić information content (AvgIpc) is 2.42. The lowest BCUT2D eigenvalue weighted by molar-refractivity contribution is 0.110. The van der Waals surface area contributed by atoms with Gasteiger partial charge in [0.05, 0.1) is 12.8 Å². The van der Waals surface area contributed by atoms with Crippen LogP contribution in [0.15, 0.2) is 18.2 Å². The summed E-state index contributed by atoms with van der Waals surface area (Å²) in [6, 6.07) is 7.14. The molecule has 4 nitrogen and oxygen atoms in total. The van der Waals surface area contributed by atoms with Crippen LogP contribution in [0.2, 0.25) is 0 Å². The molecule has 2 rings (SSSR count). The number of nitrogens with zero attached hydrogens (tertiary/aromatic N) is 2. The third kappa shape index (κ3) is 4.18. The molecule has 0 bridgehead atoms. The second kappa shape index (κ2) is 7.04. The molecule has 0 spiro atoms. The number of rotatable bonds is 5. The van der Waals surface area contributed by atoms with E-state index in [9.17, 15) is 0 Å². The van der Waals surface area contributed by atoms with Crippen LogP contribution >= 0.6 is 0 Å². The lowest BCUT2D eigenvalue weighted by atomic mass is 9.99. The topological polar surface area (TPSA) is 37.4 Å². The summed E-state index contributed by atoms with van der Waals surface area (Å²) in [5.41, 5.74) is 1.09. The van der Waals surface area contributed by atoms with Gasteiger partial charge in [-0.1, -0.05) is 19.9 Å². The van der Waals surface area contributed by atoms with Crippen molar-refractivity contribution in [1.29, 1.82) is 0 Å². The second-order valence-corrected chi connectivity index (χ2v) is 6.19. The van der Waals surface area contributed by atoms with Crippen LogP contribution in [0.25, 0.3) is 0 Å². The Bertz CT molecular complexity index is 422. The van der Waals surface area contributed by atoms with Crippen LogP contribution in [0, 0.1) is 5.92 Å². The Hall–Kier alpha value is -1.13. The summed E-state index contributed by atoms with van der Waals surface area (Å²) in [5, 5.41) is 3.59. The van der Waals surface area contributed by atoms with Gasteiger partial charge in [0.25, 0.3) is 0 Å². The Kier molecular flexibility index (Phi) is 5.38. The molecule has 112 valence electrons. The van der Waals surface area contributed by atoms with Crippen molar-refractivity contribution < 1.29 is 4.74 Å². The summed E-state index contributed by atoms with van der Waals surface area (Å²) in [6.45, 7) is 9.89. The molecule has 1 fully saturated rings. The molecule has 1 aromatic rings. The van der Waals surface area contributed by atoms with Gasteiger partial charge < -0.3 is 10.1 Å². The van der Waals surface area contributed by atoms with Crippen molar-refractivity contribution in [1.82, 2.24) is 15.2 Å². The maximum atomic E-state index is 5.21. The van der Waals surface area contributed by atoms with E-state index in [1.807, 2.05) is 12.1 Å². The Labute approximate surface area is 122 Å². The molecule has 4 heteroatoms. The molecule has 2 heterocycles. The number of nitrogens with one attached hydrogen (secondary N) is 1. The number of hydrogen-bond donors (Lipinski definition) is 1. The van der Waals surface area contributed by atoms with Crippen LogP contribution in [0.4, 0.5) is 0 Å². The smallest absolute Gasteiger partial charge is 0.213 e. The average molecular weight is 277 g/mol. The zero-order chi connectivity index (χ0) is 14.5. The van der Waals surface area contributed by atoms with Gasteiger partial charge in [-0.05, 0) is 25.3 Å². The third-order valence-corrected chi connectivity index (χ3v) is 3.83. The first-order chi connectivity index (χ1) is 9.58. The summed E-state index contributed by atoms with van der Waals surface area (Å²) in [4.78, 5) is 7.10. The summed E-state index contributed by atoms with van der Waals surface area (Å²) in [7, 11) is 1.67. The fourth-order valence-electron chi connectivity index (χ4n) is 2.87. The highest BCUT2D eigenvalue weighted by Gasteiger charge is 2.26. The van der Waals surface area contributed by atoms with Gasteiger partial charge >= 0.3 is 0 Å². The Balaban J connectivity index is 2.05. The second-order valence-electron chi connectivity index (χ2n) is 6.19. The van der Waals surface area contributed by atoms with Crippen molar-refractivity contribution in [2.45, 2.75) is 45.8 Å².